The van der Waals surface area contributed by atoms with Gasteiger partial charge in [-0.05, 0) is 69.6 Å². The molecule has 4 heterocycles. The lowest BCUT2D eigenvalue weighted by atomic mass is 9.78. The minimum absolute atomic E-state index is 0.0419. The van der Waals surface area contributed by atoms with Gasteiger partial charge in [0.1, 0.15) is 11.9 Å². The van der Waals surface area contributed by atoms with Crippen LogP contribution in [-0.2, 0) is 4.74 Å². The van der Waals surface area contributed by atoms with Gasteiger partial charge in [0.2, 0.25) is 0 Å². The molecule has 2 aromatic heterocycles. The zero-order chi connectivity index (χ0) is 23.8. The third-order valence-electron chi connectivity index (χ3n) is 7.61. The number of ether oxygens (including phenoxy) is 1. The van der Waals surface area contributed by atoms with Gasteiger partial charge < -0.3 is 14.7 Å². The van der Waals surface area contributed by atoms with E-state index in [1.165, 1.54) is 0 Å². The zero-order valence-electron chi connectivity index (χ0n) is 20.0. The Morgan fingerprint density at radius 3 is 2.82 bits per heavy atom. The smallest absolute Gasteiger partial charge is 0.146 e. The second-order valence-corrected chi connectivity index (χ2v) is 9.92. The highest BCUT2D eigenvalue weighted by Gasteiger charge is 2.42. The molecule has 1 saturated carbocycles. The van der Waals surface area contributed by atoms with Crippen LogP contribution < -0.4 is 15.8 Å². The number of nitriles is 1. The van der Waals surface area contributed by atoms with Gasteiger partial charge in [0.25, 0.3) is 0 Å². The number of rotatable bonds is 5. The van der Waals surface area contributed by atoms with Crippen molar-refractivity contribution < 1.29 is 9.84 Å². The summed E-state index contributed by atoms with van der Waals surface area (Å²) in [6.07, 6.45) is 7.10. The van der Waals surface area contributed by atoms with E-state index >= 15 is 0 Å². The molecule has 0 spiro atoms. The zero-order valence-corrected chi connectivity index (χ0v) is 20.0. The predicted octanol–water partition coefficient (Wildman–Crippen LogP) is 2.40. The van der Waals surface area contributed by atoms with Crippen LogP contribution in [0.2, 0.25) is 0 Å². The summed E-state index contributed by atoms with van der Waals surface area (Å²) in [4.78, 5) is 6.65. The van der Waals surface area contributed by atoms with Crippen molar-refractivity contribution in [1.82, 2.24) is 26.0 Å². The monoisotopic (exact) mass is 463 g/mol. The molecule has 0 amide bonds. The van der Waals surface area contributed by atoms with Gasteiger partial charge in [-0.15, -0.1) is 0 Å². The Balaban J connectivity index is 1.31. The van der Waals surface area contributed by atoms with Crippen molar-refractivity contribution in [2.75, 3.05) is 18.0 Å². The Bertz CT molecular complexity index is 1070. The molecule has 0 bridgehead atoms. The summed E-state index contributed by atoms with van der Waals surface area (Å²) in [7, 11) is 0. The topological polar surface area (TPSA) is 119 Å². The Labute approximate surface area is 200 Å². The number of hydrogen-bond donors (Lipinski definition) is 3. The van der Waals surface area contributed by atoms with Crippen molar-refractivity contribution in [3.05, 3.63) is 46.4 Å². The molecule has 1 aliphatic carbocycles. The number of hydrazine groups is 1. The highest BCUT2D eigenvalue weighted by Crippen LogP contribution is 2.41. The summed E-state index contributed by atoms with van der Waals surface area (Å²) in [6.45, 7) is 7.39. The molecule has 2 aromatic rings. The Hall–Kier alpha value is -2.64. The van der Waals surface area contributed by atoms with E-state index in [1.807, 2.05) is 24.1 Å². The van der Waals surface area contributed by atoms with E-state index in [2.05, 4.69) is 45.9 Å². The van der Waals surface area contributed by atoms with Crippen LogP contribution in [0, 0.1) is 31.1 Å². The molecule has 0 aromatic carbocycles. The SMILES string of the molecule is Cc1cnnc(C)c1[C@@H](C)OC1CCC2NNC(c3cnc(N4CC[C@@H](O)C4)c(C#N)c3)C2C1. The maximum atomic E-state index is 9.88. The maximum absolute atomic E-state index is 9.88. The fourth-order valence-corrected chi connectivity index (χ4v) is 5.97. The molecule has 180 valence electrons. The van der Waals surface area contributed by atoms with Crippen molar-refractivity contribution >= 4 is 5.82 Å². The third-order valence-corrected chi connectivity index (χ3v) is 7.61. The van der Waals surface area contributed by atoms with Crippen molar-refractivity contribution in [2.45, 2.75) is 76.9 Å². The van der Waals surface area contributed by atoms with Crippen LogP contribution in [0.4, 0.5) is 5.82 Å². The van der Waals surface area contributed by atoms with Gasteiger partial charge in [-0.3, -0.25) is 5.43 Å². The van der Waals surface area contributed by atoms with Crippen LogP contribution >= 0.6 is 0 Å². The number of anilines is 1. The molecular formula is C25H33N7O2. The van der Waals surface area contributed by atoms with Crippen molar-refractivity contribution in [3.63, 3.8) is 0 Å². The molecule has 34 heavy (non-hydrogen) atoms. The molecule has 0 radical (unpaired) electrons. The minimum atomic E-state index is -0.355. The molecule has 3 N–H and O–H groups in total. The van der Waals surface area contributed by atoms with Crippen molar-refractivity contribution in [1.29, 1.82) is 5.26 Å². The Kier molecular flexibility index (Phi) is 6.49. The average Bonchev–Trinajstić information content (AvgIpc) is 3.44. The third kappa shape index (κ3) is 4.39. The summed E-state index contributed by atoms with van der Waals surface area (Å²) in [5.74, 6) is 1.01. The van der Waals surface area contributed by atoms with Gasteiger partial charge in [-0.25, -0.2) is 10.4 Å². The average molecular weight is 464 g/mol. The lowest BCUT2D eigenvalue weighted by Crippen LogP contribution is -2.37. The molecule has 6 atom stereocenters. The molecular weight excluding hydrogens is 430 g/mol. The van der Waals surface area contributed by atoms with E-state index in [0.717, 1.165) is 48.2 Å². The van der Waals surface area contributed by atoms with E-state index in [0.29, 0.717) is 36.3 Å². The molecule has 3 aliphatic rings. The minimum Gasteiger partial charge on any atom is -0.391 e. The molecule has 2 aliphatic heterocycles. The number of hydrogen-bond acceptors (Lipinski definition) is 9. The molecule has 2 saturated heterocycles. The molecule has 9 nitrogen and oxygen atoms in total. The number of aromatic nitrogens is 3. The molecule has 9 heteroatoms. The van der Waals surface area contributed by atoms with Crippen LogP contribution in [-0.4, -0.2) is 51.6 Å². The number of nitrogens with one attached hydrogen (secondary N) is 2. The van der Waals surface area contributed by atoms with Crippen LogP contribution in [0.1, 0.15) is 72.7 Å². The van der Waals surface area contributed by atoms with E-state index in [9.17, 15) is 10.4 Å². The Morgan fingerprint density at radius 1 is 1.24 bits per heavy atom. The molecule has 5 rings (SSSR count). The summed E-state index contributed by atoms with van der Waals surface area (Å²) in [6, 6.07) is 4.70. The number of aliphatic hydroxyl groups excluding tert-OH is 1. The highest BCUT2D eigenvalue weighted by molar-refractivity contribution is 5.56. The first-order valence-electron chi connectivity index (χ1n) is 12.2. The first kappa shape index (κ1) is 23.1. The number of fused-ring (bicyclic) bond motifs is 1. The molecule has 4 unspecified atom stereocenters. The number of β-amino-alcohol motifs (C(OH)–C–C–N with tert-alkyl or cyclic N) is 1. The summed E-state index contributed by atoms with van der Waals surface area (Å²) in [5.41, 5.74) is 11.7. The fourth-order valence-electron chi connectivity index (χ4n) is 5.97. The summed E-state index contributed by atoms with van der Waals surface area (Å²) >= 11 is 0. The van der Waals surface area contributed by atoms with Gasteiger partial charge in [0, 0.05) is 30.9 Å². The summed E-state index contributed by atoms with van der Waals surface area (Å²) in [5, 5.41) is 27.9. The number of nitrogens with zero attached hydrogens (tertiary/aromatic N) is 5. The largest absolute Gasteiger partial charge is 0.391 e. The van der Waals surface area contributed by atoms with Crippen molar-refractivity contribution in [3.8, 4) is 6.07 Å². The van der Waals surface area contributed by atoms with E-state index in [4.69, 9.17) is 4.74 Å². The van der Waals surface area contributed by atoms with E-state index in [-0.39, 0.29) is 24.4 Å². The van der Waals surface area contributed by atoms with Crippen LogP contribution in [0.15, 0.2) is 18.5 Å². The standard InChI is InChI=1S/C25H33N7O2/c1-14-11-28-29-15(2)23(14)16(3)34-20-4-5-22-21(9-20)24(31-30-22)18-8-17(10-26)25(27-12-18)32-7-6-19(33)13-32/h8,11-12,16,19-22,24,30-31,33H,4-7,9,13H2,1-3H3/t16-,19-,20?,21?,22?,24?/m1/s1. The van der Waals surface area contributed by atoms with Gasteiger partial charge in [-0.2, -0.15) is 15.5 Å². The Morgan fingerprint density at radius 2 is 2.09 bits per heavy atom. The summed E-state index contributed by atoms with van der Waals surface area (Å²) < 4.78 is 6.55. The number of aliphatic hydroxyl groups is 1. The van der Waals surface area contributed by atoms with Crippen molar-refractivity contribution in [2.24, 2.45) is 5.92 Å². The number of pyridine rings is 1. The first-order chi connectivity index (χ1) is 16.4. The van der Waals surface area contributed by atoms with E-state index in [1.54, 1.807) is 6.20 Å². The first-order valence-corrected chi connectivity index (χ1v) is 12.2. The van der Waals surface area contributed by atoms with Crippen LogP contribution in [0.3, 0.4) is 0 Å². The van der Waals surface area contributed by atoms with E-state index < -0.39 is 0 Å². The number of aryl methyl sites for hydroxylation is 2. The van der Waals surface area contributed by atoms with Gasteiger partial charge >= 0.3 is 0 Å². The normalized spacial score (nSPS) is 29.6. The van der Waals surface area contributed by atoms with Crippen LogP contribution in [0.5, 0.6) is 0 Å². The second-order valence-electron chi connectivity index (χ2n) is 9.92. The quantitative estimate of drug-likeness (QED) is 0.614. The van der Waals surface area contributed by atoms with Crippen LogP contribution in [0.25, 0.3) is 0 Å². The van der Waals surface area contributed by atoms with Gasteiger partial charge in [0.05, 0.1) is 41.8 Å². The van der Waals surface area contributed by atoms with Gasteiger partial charge in [0.15, 0.2) is 0 Å². The lowest BCUT2D eigenvalue weighted by molar-refractivity contribution is -0.0377. The van der Waals surface area contributed by atoms with Gasteiger partial charge in [-0.1, -0.05) is 0 Å². The molecule has 3 fully saturated rings. The predicted molar refractivity (Wildman–Crippen MR) is 127 cm³/mol. The highest BCUT2D eigenvalue weighted by atomic mass is 16.5. The maximum Gasteiger partial charge on any atom is 0.146 e. The second kappa shape index (κ2) is 9.55. The lowest BCUT2D eigenvalue weighted by Gasteiger charge is -2.35. The fraction of sp³-hybridized carbons (Fsp3) is 0.600.